The van der Waals surface area contributed by atoms with Gasteiger partial charge in [0.25, 0.3) is 0 Å². The third kappa shape index (κ3) is 3.18. The number of nitrogens with one attached hydrogen (secondary N) is 1. The molecule has 2 aromatic carbocycles. The molecule has 21 heavy (non-hydrogen) atoms. The van der Waals surface area contributed by atoms with E-state index < -0.39 is 0 Å². The minimum Gasteiger partial charge on any atom is -0.493 e. The molecule has 0 amide bonds. The summed E-state index contributed by atoms with van der Waals surface area (Å²) >= 11 is 1.88. The fourth-order valence-corrected chi connectivity index (χ4v) is 3.43. The highest BCUT2D eigenvalue weighted by molar-refractivity contribution is 7.99. The predicted octanol–water partition coefficient (Wildman–Crippen LogP) is 4.91. The Morgan fingerprint density at radius 1 is 1.24 bits per heavy atom. The summed E-state index contributed by atoms with van der Waals surface area (Å²) in [6.45, 7) is 5.22. The molecule has 0 spiro atoms. The van der Waals surface area contributed by atoms with Crippen LogP contribution in [0.15, 0.2) is 47.4 Å². The van der Waals surface area contributed by atoms with Crippen molar-refractivity contribution >= 4 is 17.4 Å². The Morgan fingerprint density at radius 2 is 2.10 bits per heavy atom. The summed E-state index contributed by atoms with van der Waals surface area (Å²) in [5, 5.41) is 3.64. The van der Waals surface area contributed by atoms with Crippen LogP contribution < -0.4 is 10.1 Å². The maximum absolute atomic E-state index is 5.58. The summed E-state index contributed by atoms with van der Waals surface area (Å²) in [6, 6.07) is 15.3. The maximum Gasteiger partial charge on any atom is 0.122 e. The average molecular weight is 299 g/mol. The molecule has 0 fully saturated rings. The summed E-state index contributed by atoms with van der Waals surface area (Å²) < 4.78 is 5.58. The first-order valence-corrected chi connectivity index (χ1v) is 8.50. The van der Waals surface area contributed by atoms with Gasteiger partial charge in [-0.2, -0.15) is 0 Å². The van der Waals surface area contributed by atoms with Gasteiger partial charge in [-0.1, -0.05) is 25.1 Å². The second-order valence-electron chi connectivity index (χ2n) is 5.26. The van der Waals surface area contributed by atoms with Crippen molar-refractivity contribution in [3.05, 3.63) is 53.6 Å². The summed E-state index contributed by atoms with van der Waals surface area (Å²) in [4.78, 5) is 1.32. The molecule has 0 saturated carbocycles. The first kappa shape index (κ1) is 14.3. The summed E-state index contributed by atoms with van der Waals surface area (Å²) in [5.74, 6) is 2.14. The molecule has 0 aliphatic carbocycles. The molecule has 1 heterocycles. The van der Waals surface area contributed by atoms with Gasteiger partial charge in [-0.05, 0) is 48.1 Å². The van der Waals surface area contributed by atoms with Crippen LogP contribution in [-0.4, -0.2) is 12.4 Å². The Balaban J connectivity index is 1.78. The van der Waals surface area contributed by atoms with E-state index in [4.69, 9.17) is 4.74 Å². The van der Waals surface area contributed by atoms with E-state index in [1.165, 1.54) is 21.7 Å². The van der Waals surface area contributed by atoms with Crippen LogP contribution in [-0.2, 0) is 6.42 Å². The zero-order chi connectivity index (χ0) is 14.7. The van der Waals surface area contributed by atoms with Crippen LogP contribution in [0.25, 0.3) is 0 Å². The monoisotopic (exact) mass is 299 g/mol. The van der Waals surface area contributed by atoms with Crippen LogP contribution in [0.2, 0.25) is 0 Å². The second kappa shape index (κ2) is 6.44. The Hall–Kier alpha value is -1.61. The topological polar surface area (TPSA) is 21.3 Å². The van der Waals surface area contributed by atoms with Gasteiger partial charge in [0, 0.05) is 23.0 Å². The number of fused-ring (bicyclic) bond motifs is 1. The Morgan fingerprint density at radius 3 is 2.95 bits per heavy atom. The van der Waals surface area contributed by atoms with Crippen molar-refractivity contribution in [1.29, 1.82) is 0 Å². The first-order chi connectivity index (χ1) is 10.3. The van der Waals surface area contributed by atoms with E-state index in [9.17, 15) is 0 Å². The predicted molar refractivity (Wildman–Crippen MR) is 90.5 cm³/mol. The number of benzene rings is 2. The maximum atomic E-state index is 5.58. The zero-order valence-electron chi connectivity index (χ0n) is 12.6. The van der Waals surface area contributed by atoms with Crippen LogP contribution in [0.3, 0.4) is 0 Å². The third-order valence-electron chi connectivity index (χ3n) is 3.77. The van der Waals surface area contributed by atoms with E-state index in [0.717, 1.165) is 24.5 Å². The van der Waals surface area contributed by atoms with Crippen molar-refractivity contribution in [2.75, 3.05) is 17.7 Å². The molecule has 110 valence electrons. The standard InChI is InChI=1S/C18H21NOS/c1-3-21-18-7-5-4-6-16(18)19-13(2)14-8-9-17-15(12-14)10-11-20-17/h4-9,12-13,19H,3,10-11H2,1-2H3. The van der Waals surface area contributed by atoms with E-state index in [0.29, 0.717) is 0 Å². The van der Waals surface area contributed by atoms with Crippen LogP contribution in [0.1, 0.15) is 31.0 Å². The van der Waals surface area contributed by atoms with E-state index in [1.54, 1.807) is 0 Å². The van der Waals surface area contributed by atoms with Gasteiger partial charge in [0.15, 0.2) is 0 Å². The molecular formula is C18H21NOS. The van der Waals surface area contributed by atoms with Gasteiger partial charge in [-0.15, -0.1) is 11.8 Å². The summed E-state index contributed by atoms with van der Waals surface area (Å²) in [7, 11) is 0. The van der Waals surface area contributed by atoms with Gasteiger partial charge < -0.3 is 10.1 Å². The fourth-order valence-electron chi connectivity index (χ4n) is 2.66. The first-order valence-electron chi connectivity index (χ1n) is 7.52. The normalized spacial score (nSPS) is 14.4. The number of rotatable bonds is 5. The zero-order valence-corrected chi connectivity index (χ0v) is 13.4. The molecule has 2 nitrogen and oxygen atoms in total. The lowest BCUT2D eigenvalue weighted by Crippen LogP contribution is -2.07. The largest absolute Gasteiger partial charge is 0.493 e. The molecule has 0 bridgehead atoms. The summed E-state index contributed by atoms with van der Waals surface area (Å²) in [6.07, 6.45) is 1.03. The minimum atomic E-state index is 0.287. The molecule has 2 aromatic rings. The van der Waals surface area contributed by atoms with Gasteiger partial charge in [0.2, 0.25) is 0 Å². The van der Waals surface area contributed by atoms with Gasteiger partial charge in [0.1, 0.15) is 5.75 Å². The van der Waals surface area contributed by atoms with Gasteiger partial charge in [-0.3, -0.25) is 0 Å². The number of thioether (sulfide) groups is 1. The fraction of sp³-hybridized carbons (Fsp3) is 0.333. The van der Waals surface area contributed by atoms with Crippen LogP contribution in [0.5, 0.6) is 5.75 Å². The number of para-hydroxylation sites is 1. The lowest BCUT2D eigenvalue weighted by molar-refractivity contribution is 0.357. The van der Waals surface area contributed by atoms with E-state index >= 15 is 0 Å². The molecule has 1 atom stereocenters. The highest BCUT2D eigenvalue weighted by Gasteiger charge is 2.15. The van der Waals surface area contributed by atoms with Gasteiger partial charge >= 0.3 is 0 Å². The molecule has 3 rings (SSSR count). The lowest BCUT2D eigenvalue weighted by Gasteiger charge is -2.18. The highest BCUT2D eigenvalue weighted by Crippen LogP contribution is 2.32. The molecule has 0 saturated heterocycles. The number of hydrogen-bond donors (Lipinski definition) is 1. The van der Waals surface area contributed by atoms with Crippen molar-refractivity contribution in [1.82, 2.24) is 0 Å². The van der Waals surface area contributed by atoms with E-state index in [2.05, 4.69) is 61.6 Å². The van der Waals surface area contributed by atoms with Gasteiger partial charge in [0.05, 0.1) is 6.61 Å². The van der Waals surface area contributed by atoms with Gasteiger partial charge in [-0.25, -0.2) is 0 Å². The van der Waals surface area contributed by atoms with E-state index in [-0.39, 0.29) is 6.04 Å². The molecule has 0 radical (unpaired) electrons. The number of ether oxygens (including phenoxy) is 1. The Bertz CT molecular complexity index is 626. The van der Waals surface area contributed by atoms with Crippen molar-refractivity contribution in [2.24, 2.45) is 0 Å². The molecule has 1 unspecified atom stereocenters. The SMILES string of the molecule is CCSc1ccccc1NC(C)c1ccc2c(c1)CCO2. The molecule has 1 aliphatic heterocycles. The Kier molecular flexibility index (Phi) is 4.39. The van der Waals surface area contributed by atoms with Crippen LogP contribution >= 0.6 is 11.8 Å². The van der Waals surface area contributed by atoms with E-state index in [1.807, 2.05) is 11.8 Å². The van der Waals surface area contributed by atoms with Crippen LogP contribution in [0, 0.1) is 0 Å². The molecular weight excluding hydrogens is 278 g/mol. The number of anilines is 1. The van der Waals surface area contributed by atoms with Crippen LogP contribution in [0.4, 0.5) is 5.69 Å². The third-order valence-corrected chi connectivity index (χ3v) is 4.73. The summed E-state index contributed by atoms with van der Waals surface area (Å²) in [5.41, 5.74) is 3.86. The number of hydrogen-bond acceptors (Lipinski definition) is 3. The molecule has 1 N–H and O–H groups in total. The quantitative estimate of drug-likeness (QED) is 0.793. The van der Waals surface area contributed by atoms with Crippen molar-refractivity contribution in [3.8, 4) is 5.75 Å². The molecule has 1 aliphatic rings. The van der Waals surface area contributed by atoms with Crippen molar-refractivity contribution in [2.45, 2.75) is 31.2 Å². The minimum absolute atomic E-state index is 0.287. The lowest BCUT2D eigenvalue weighted by atomic mass is 10.0. The average Bonchev–Trinajstić information content (AvgIpc) is 2.97. The van der Waals surface area contributed by atoms with Crippen molar-refractivity contribution in [3.63, 3.8) is 0 Å². The van der Waals surface area contributed by atoms with Crippen molar-refractivity contribution < 1.29 is 4.74 Å². The Labute approximate surface area is 130 Å². The highest BCUT2D eigenvalue weighted by atomic mass is 32.2. The molecule has 0 aromatic heterocycles. The smallest absolute Gasteiger partial charge is 0.122 e. The molecule has 3 heteroatoms. The second-order valence-corrected chi connectivity index (χ2v) is 6.57.